The predicted octanol–water partition coefficient (Wildman–Crippen LogP) is 1.48. The molecule has 0 radical (unpaired) electrons. The number of hydrogen-bond acceptors (Lipinski definition) is 3. The van der Waals surface area contributed by atoms with E-state index in [4.69, 9.17) is 0 Å². The molecular formula is C17H23N3O2. The van der Waals surface area contributed by atoms with Crippen LogP contribution >= 0.6 is 0 Å². The normalized spacial score (nSPS) is 14.1. The minimum Gasteiger partial charge on any atom is -0.352 e. The fourth-order valence-electron chi connectivity index (χ4n) is 2.27. The highest BCUT2D eigenvalue weighted by Gasteiger charge is 2.11. The molecular weight excluding hydrogens is 278 g/mol. The van der Waals surface area contributed by atoms with Crippen molar-refractivity contribution in [2.24, 2.45) is 0 Å². The molecule has 118 valence electrons. The summed E-state index contributed by atoms with van der Waals surface area (Å²) in [6.07, 6.45) is 3.95. The van der Waals surface area contributed by atoms with Crippen molar-refractivity contribution in [1.29, 1.82) is 0 Å². The lowest BCUT2D eigenvalue weighted by atomic mass is 10.1. The zero-order valence-electron chi connectivity index (χ0n) is 12.9. The SMILES string of the molecule is CCCNC(=O)c1cccc(C(=O)NCC2=CCNCC2)c1. The molecule has 0 saturated carbocycles. The first-order valence-corrected chi connectivity index (χ1v) is 7.75. The van der Waals surface area contributed by atoms with Crippen molar-refractivity contribution in [1.82, 2.24) is 16.0 Å². The molecule has 1 aromatic carbocycles. The monoisotopic (exact) mass is 301 g/mol. The van der Waals surface area contributed by atoms with E-state index in [1.165, 1.54) is 5.57 Å². The summed E-state index contributed by atoms with van der Waals surface area (Å²) >= 11 is 0. The summed E-state index contributed by atoms with van der Waals surface area (Å²) in [6.45, 7) is 5.01. The molecule has 0 atom stereocenters. The molecule has 2 rings (SSSR count). The molecule has 0 bridgehead atoms. The Morgan fingerprint density at radius 1 is 1.18 bits per heavy atom. The van der Waals surface area contributed by atoms with Crippen LogP contribution in [0, 0.1) is 0 Å². The Bertz CT molecular complexity index is 567. The Hall–Kier alpha value is -2.14. The first-order chi connectivity index (χ1) is 10.7. The molecule has 0 fully saturated rings. The van der Waals surface area contributed by atoms with Gasteiger partial charge in [0.15, 0.2) is 0 Å². The number of hydrogen-bond donors (Lipinski definition) is 3. The van der Waals surface area contributed by atoms with Gasteiger partial charge in [-0.2, -0.15) is 0 Å². The maximum absolute atomic E-state index is 12.2. The maximum atomic E-state index is 12.2. The largest absolute Gasteiger partial charge is 0.352 e. The van der Waals surface area contributed by atoms with Gasteiger partial charge in [0, 0.05) is 30.8 Å². The quantitative estimate of drug-likeness (QED) is 0.697. The summed E-state index contributed by atoms with van der Waals surface area (Å²) in [5, 5.41) is 8.96. The van der Waals surface area contributed by atoms with Crippen LogP contribution in [0.15, 0.2) is 35.9 Å². The smallest absolute Gasteiger partial charge is 0.251 e. The van der Waals surface area contributed by atoms with Crippen molar-refractivity contribution in [2.75, 3.05) is 26.2 Å². The predicted molar refractivity (Wildman–Crippen MR) is 87.0 cm³/mol. The molecule has 1 heterocycles. The Morgan fingerprint density at radius 2 is 1.91 bits per heavy atom. The summed E-state index contributed by atoms with van der Waals surface area (Å²) in [5.41, 5.74) is 2.27. The van der Waals surface area contributed by atoms with E-state index in [1.54, 1.807) is 24.3 Å². The lowest BCUT2D eigenvalue weighted by Gasteiger charge is -2.14. The van der Waals surface area contributed by atoms with Crippen molar-refractivity contribution in [3.8, 4) is 0 Å². The fourth-order valence-corrected chi connectivity index (χ4v) is 2.27. The minimum atomic E-state index is -0.149. The molecule has 0 saturated heterocycles. The van der Waals surface area contributed by atoms with Crippen molar-refractivity contribution < 1.29 is 9.59 Å². The number of benzene rings is 1. The third-order valence-corrected chi connectivity index (χ3v) is 3.56. The van der Waals surface area contributed by atoms with Gasteiger partial charge in [-0.3, -0.25) is 9.59 Å². The summed E-state index contributed by atoms with van der Waals surface area (Å²) in [7, 11) is 0. The third kappa shape index (κ3) is 4.70. The topological polar surface area (TPSA) is 70.2 Å². The lowest BCUT2D eigenvalue weighted by Crippen LogP contribution is -2.30. The average Bonchev–Trinajstić information content (AvgIpc) is 2.58. The van der Waals surface area contributed by atoms with E-state index < -0.39 is 0 Å². The summed E-state index contributed by atoms with van der Waals surface area (Å²) in [6, 6.07) is 6.82. The molecule has 1 aliphatic rings. The first kappa shape index (κ1) is 16.2. The number of nitrogens with one attached hydrogen (secondary N) is 3. The molecule has 5 heteroatoms. The van der Waals surface area contributed by atoms with E-state index in [-0.39, 0.29) is 11.8 Å². The second-order valence-corrected chi connectivity index (χ2v) is 5.34. The Kier molecular flexibility index (Phi) is 6.15. The van der Waals surface area contributed by atoms with Crippen LogP contribution in [-0.2, 0) is 0 Å². The van der Waals surface area contributed by atoms with Gasteiger partial charge in [0.25, 0.3) is 11.8 Å². The van der Waals surface area contributed by atoms with E-state index in [0.29, 0.717) is 24.2 Å². The average molecular weight is 301 g/mol. The van der Waals surface area contributed by atoms with Gasteiger partial charge in [0.05, 0.1) is 0 Å². The van der Waals surface area contributed by atoms with Gasteiger partial charge >= 0.3 is 0 Å². The van der Waals surface area contributed by atoms with E-state index in [0.717, 1.165) is 25.9 Å². The van der Waals surface area contributed by atoms with Gasteiger partial charge < -0.3 is 16.0 Å². The van der Waals surface area contributed by atoms with E-state index in [2.05, 4.69) is 22.0 Å². The maximum Gasteiger partial charge on any atom is 0.251 e. The second-order valence-electron chi connectivity index (χ2n) is 5.34. The fraction of sp³-hybridized carbons (Fsp3) is 0.412. The number of rotatable bonds is 6. The van der Waals surface area contributed by atoms with Crippen molar-refractivity contribution in [3.63, 3.8) is 0 Å². The Labute approximate surface area is 131 Å². The molecule has 0 aromatic heterocycles. The molecule has 2 amide bonds. The van der Waals surface area contributed by atoms with Gasteiger partial charge in [-0.25, -0.2) is 0 Å². The summed E-state index contributed by atoms with van der Waals surface area (Å²) in [4.78, 5) is 24.1. The molecule has 0 unspecified atom stereocenters. The third-order valence-electron chi connectivity index (χ3n) is 3.56. The minimum absolute atomic E-state index is 0.141. The van der Waals surface area contributed by atoms with Gasteiger partial charge in [0.2, 0.25) is 0 Å². The highest BCUT2D eigenvalue weighted by molar-refractivity contribution is 5.99. The van der Waals surface area contributed by atoms with Crippen molar-refractivity contribution >= 4 is 11.8 Å². The standard InChI is InChI=1S/C17H23N3O2/c1-2-8-19-16(21)14-4-3-5-15(11-14)17(22)20-12-13-6-9-18-10-7-13/h3-6,11,18H,2,7-10,12H2,1H3,(H,19,21)(H,20,22). The van der Waals surface area contributed by atoms with Crippen LogP contribution < -0.4 is 16.0 Å². The van der Waals surface area contributed by atoms with Crippen LogP contribution in [-0.4, -0.2) is 38.0 Å². The molecule has 1 aliphatic heterocycles. The molecule has 5 nitrogen and oxygen atoms in total. The van der Waals surface area contributed by atoms with Gasteiger partial charge in [-0.05, 0) is 37.6 Å². The van der Waals surface area contributed by atoms with Gasteiger partial charge in [-0.1, -0.05) is 24.6 Å². The molecule has 1 aromatic rings. The van der Waals surface area contributed by atoms with Crippen LogP contribution in [0.1, 0.15) is 40.5 Å². The Morgan fingerprint density at radius 3 is 2.55 bits per heavy atom. The van der Waals surface area contributed by atoms with Gasteiger partial charge in [0.1, 0.15) is 0 Å². The summed E-state index contributed by atoms with van der Waals surface area (Å²) in [5.74, 6) is -0.290. The highest BCUT2D eigenvalue weighted by atomic mass is 16.2. The molecule has 0 aliphatic carbocycles. The van der Waals surface area contributed by atoms with Crippen LogP contribution in [0.3, 0.4) is 0 Å². The number of carbonyl (C=O) groups is 2. The number of amides is 2. The van der Waals surface area contributed by atoms with Gasteiger partial charge in [-0.15, -0.1) is 0 Å². The number of carbonyl (C=O) groups excluding carboxylic acids is 2. The van der Waals surface area contributed by atoms with Crippen LogP contribution in [0.4, 0.5) is 0 Å². The zero-order valence-corrected chi connectivity index (χ0v) is 12.9. The molecule has 22 heavy (non-hydrogen) atoms. The summed E-state index contributed by atoms with van der Waals surface area (Å²) < 4.78 is 0. The zero-order chi connectivity index (χ0) is 15.8. The lowest BCUT2D eigenvalue weighted by molar-refractivity contribution is 0.0953. The Balaban J connectivity index is 1.94. The molecule has 0 spiro atoms. The van der Waals surface area contributed by atoms with Crippen molar-refractivity contribution in [2.45, 2.75) is 19.8 Å². The second kappa shape index (κ2) is 8.34. The first-order valence-electron chi connectivity index (χ1n) is 7.75. The molecule has 3 N–H and O–H groups in total. The highest BCUT2D eigenvalue weighted by Crippen LogP contribution is 2.07. The van der Waals surface area contributed by atoms with Crippen molar-refractivity contribution in [3.05, 3.63) is 47.0 Å². The van der Waals surface area contributed by atoms with E-state index >= 15 is 0 Å². The van der Waals surface area contributed by atoms with Crippen LogP contribution in [0.25, 0.3) is 0 Å². The van der Waals surface area contributed by atoms with E-state index in [9.17, 15) is 9.59 Å². The van der Waals surface area contributed by atoms with Crippen LogP contribution in [0.5, 0.6) is 0 Å². The van der Waals surface area contributed by atoms with Crippen LogP contribution in [0.2, 0.25) is 0 Å². The van der Waals surface area contributed by atoms with E-state index in [1.807, 2.05) is 6.92 Å².